The Balaban J connectivity index is 3.44. The molecule has 112 valence electrons. The number of halogens is 3. The Labute approximate surface area is 120 Å². The van der Waals surface area contributed by atoms with Crippen molar-refractivity contribution in [3.63, 3.8) is 0 Å². The number of nitrogens with one attached hydrogen (secondary N) is 1. The van der Waals surface area contributed by atoms with Gasteiger partial charge in [-0.25, -0.2) is 22.3 Å². The van der Waals surface area contributed by atoms with Gasteiger partial charge in [0.05, 0.1) is 10.6 Å². The van der Waals surface area contributed by atoms with Crippen LogP contribution in [-0.2, 0) is 10.0 Å². The Kier molecular flexibility index (Phi) is 5.06. The summed E-state index contributed by atoms with van der Waals surface area (Å²) < 4.78 is 49.3. The lowest BCUT2D eigenvalue weighted by Gasteiger charge is -2.14. The maximum absolute atomic E-state index is 13.5. The van der Waals surface area contributed by atoms with E-state index in [1.54, 1.807) is 13.8 Å². The van der Waals surface area contributed by atoms with E-state index in [1.807, 2.05) is 0 Å². The molecule has 0 aliphatic carbocycles. The Morgan fingerprint density at radius 3 is 2.50 bits per heavy atom. The first-order valence-electron chi connectivity index (χ1n) is 5.60. The molecule has 1 rings (SSSR count). The minimum atomic E-state index is -4.60. The number of amides is 1. The Hall–Kier alpha value is -1.25. The van der Waals surface area contributed by atoms with Gasteiger partial charge in [0, 0.05) is 6.04 Å². The van der Waals surface area contributed by atoms with Gasteiger partial charge in [0.1, 0.15) is 4.90 Å². The SMILES string of the molecule is CCC(C)NC(=O)c1cc(F)c(F)c(S(N)(=O)=O)c1Cl. The number of hydrogen-bond donors (Lipinski definition) is 2. The Bertz CT molecular complexity index is 650. The van der Waals surface area contributed by atoms with Gasteiger partial charge in [-0.2, -0.15) is 0 Å². The van der Waals surface area contributed by atoms with Gasteiger partial charge in [0.15, 0.2) is 11.6 Å². The van der Waals surface area contributed by atoms with E-state index < -0.39 is 43.0 Å². The number of rotatable bonds is 4. The highest BCUT2D eigenvalue weighted by Crippen LogP contribution is 2.29. The number of carbonyl (C=O) groups is 1. The predicted octanol–water partition coefficient (Wildman–Crippen LogP) is 1.79. The maximum Gasteiger partial charge on any atom is 0.253 e. The molecule has 0 aliphatic heterocycles. The van der Waals surface area contributed by atoms with Gasteiger partial charge in [-0.05, 0) is 19.4 Å². The normalized spacial score (nSPS) is 13.1. The van der Waals surface area contributed by atoms with E-state index in [1.165, 1.54) is 0 Å². The summed E-state index contributed by atoms with van der Waals surface area (Å²) in [6, 6.07) is 0.286. The molecule has 1 amide bonds. The predicted molar refractivity (Wildman–Crippen MR) is 70.0 cm³/mol. The molecule has 0 heterocycles. The number of primary sulfonamides is 1. The maximum atomic E-state index is 13.5. The van der Waals surface area contributed by atoms with Gasteiger partial charge < -0.3 is 5.32 Å². The second kappa shape index (κ2) is 6.02. The highest BCUT2D eigenvalue weighted by molar-refractivity contribution is 7.89. The lowest BCUT2D eigenvalue weighted by Crippen LogP contribution is -2.32. The fraction of sp³-hybridized carbons (Fsp3) is 0.364. The van der Waals surface area contributed by atoms with Gasteiger partial charge >= 0.3 is 0 Å². The lowest BCUT2D eigenvalue weighted by molar-refractivity contribution is 0.0938. The zero-order valence-corrected chi connectivity index (χ0v) is 12.3. The number of nitrogens with two attached hydrogens (primary N) is 1. The molecule has 0 saturated heterocycles. The second-order valence-electron chi connectivity index (χ2n) is 4.19. The van der Waals surface area contributed by atoms with E-state index in [0.29, 0.717) is 12.5 Å². The van der Waals surface area contributed by atoms with Crippen LogP contribution in [0.4, 0.5) is 8.78 Å². The highest BCUT2D eigenvalue weighted by atomic mass is 35.5. The summed E-state index contributed by atoms with van der Waals surface area (Å²) in [5, 5.41) is 6.49. The summed E-state index contributed by atoms with van der Waals surface area (Å²) in [7, 11) is -4.60. The minimum absolute atomic E-state index is 0.246. The molecule has 1 unspecified atom stereocenters. The molecular weight excluding hydrogens is 314 g/mol. The van der Waals surface area contributed by atoms with E-state index >= 15 is 0 Å². The molecule has 1 aromatic rings. The highest BCUT2D eigenvalue weighted by Gasteiger charge is 2.28. The third-order valence-corrected chi connectivity index (χ3v) is 4.09. The number of sulfonamides is 1. The van der Waals surface area contributed by atoms with Crippen molar-refractivity contribution in [1.29, 1.82) is 0 Å². The summed E-state index contributed by atoms with van der Waals surface area (Å²) >= 11 is 5.67. The van der Waals surface area contributed by atoms with Crippen LogP contribution in [0.1, 0.15) is 30.6 Å². The monoisotopic (exact) mass is 326 g/mol. The summed E-state index contributed by atoms with van der Waals surface area (Å²) in [4.78, 5) is 10.6. The van der Waals surface area contributed by atoms with Crippen LogP contribution in [0.2, 0.25) is 5.02 Å². The van der Waals surface area contributed by atoms with E-state index in [2.05, 4.69) is 5.32 Å². The van der Waals surface area contributed by atoms with Crippen molar-refractivity contribution in [2.24, 2.45) is 5.14 Å². The van der Waals surface area contributed by atoms with Crippen LogP contribution >= 0.6 is 11.6 Å². The van der Waals surface area contributed by atoms with Crippen LogP contribution in [-0.4, -0.2) is 20.4 Å². The molecule has 0 fully saturated rings. The number of hydrogen-bond acceptors (Lipinski definition) is 3. The average Bonchev–Trinajstić information content (AvgIpc) is 2.31. The zero-order chi connectivity index (χ0) is 15.7. The Morgan fingerprint density at radius 2 is 2.05 bits per heavy atom. The first kappa shape index (κ1) is 16.8. The molecule has 0 radical (unpaired) electrons. The number of carbonyl (C=O) groups excluding carboxylic acids is 1. The summed E-state index contributed by atoms with van der Waals surface area (Å²) in [6.45, 7) is 3.49. The topological polar surface area (TPSA) is 89.3 Å². The molecule has 1 aromatic carbocycles. The molecule has 9 heteroatoms. The molecule has 0 aromatic heterocycles. The van der Waals surface area contributed by atoms with Crippen molar-refractivity contribution in [3.8, 4) is 0 Å². The average molecular weight is 327 g/mol. The smallest absolute Gasteiger partial charge is 0.253 e. The first-order valence-corrected chi connectivity index (χ1v) is 7.53. The fourth-order valence-corrected chi connectivity index (χ4v) is 2.65. The number of benzene rings is 1. The standard InChI is InChI=1S/C11H13ClF2N2O3S/c1-3-5(2)16-11(17)6-4-7(13)9(14)10(8(6)12)20(15,18)19/h4-5H,3H2,1-2H3,(H,16,17)(H2,15,18,19). The van der Waals surface area contributed by atoms with Gasteiger partial charge in [-0.3, -0.25) is 4.79 Å². The van der Waals surface area contributed by atoms with E-state index in [-0.39, 0.29) is 6.04 Å². The first-order chi connectivity index (χ1) is 9.09. The molecule has 5 nitrogen and oxygen atoms in total. The fourth-order valence-electron chi connectivity index (χ4n) is 1.40. The van der Waals surface area contributed by atoms with Crippen molar-refractivity contribution >= 4 is 27.5 Å². The summed E-state index contributed by atoms with van der Waals surface area (Å²) in [5.41, 5.74) is -0.491. The summed E-state index contributed by atoms with van der Waals surface area (Å²) in [6.07, 6.45) is 0.592. The molecule has 20 heavy (non-hydrogen) atoms. The Morgan fingerprint density at radius 1 is 1.50 bits per heavy atom. The largest absolute Gasteiger partial charge is 0.350 e. The van der Waals surface area contributed by atoms with Crippen LogP contribution < -0.4 is 10.5 Å². The zero-order valence-electron chi connectivity index (χ0n) is 10.7. The van der Waals surface area contributed by atoms with Crippen molar-refractivity contribution < 1.29 is 22.0 Å². The van der Waals surface area contributed by atoms with E-state index in [0.717, 1.165) is 0 Å². The van der Waals surface area contributed by atoms with Crippen LogP contribution in [0.5, 0.6) is 0 Å². The second-order valence-corrected chi connectivity index (χ2v) is 6.07. The van der Waals surface area contributed by atoms with Crippen LogP contribution in [0.25, 0.3) is 0 Å². The van der Waals surface area contributed by atoms with Crippen molar-refractivity contribution in [1.82, 2.24) is 5.32 Å². The molecule has 3 N–H and O–H groups in total. The van der Waals surface area contributed by atoms with E-state index in [4.69, 9.17) is 16.7 Å². The molecular formula is C11H13ClF2N2O3S. The van der Waals surface area contributed by atoms with Crippen molar-refractivity contribution in [2.75, 3.05) is 0 Å². The third kappa shape index (κ3) is 3.44. The summed E-state index contributed by atoms with van der Waals surface area (Å²) in [5.74, 6) is -4.04. The lowest BCUT2D eigenvalue weighted by atomic mass is 10.1. The van der Waals surface area contributed by atoms with Crippen molar-refractivity contribution in [3.05, 3.63) is 28.3 Å². The van der Waals surface area contributed by atoms with Crippen LogP contribution in [0, 0.1) is 11.6 Å². The van der Waals surface area contributed by atoms with E-state index in [9.17, 15) is 22.0 Å². The molecule has 1 atom stereocenters. The van der Waals surface area contributed by atoms with Crippen LogP contribution in [0.15, 0.2) is 11.0 Å². The van der Waals surface area contributed by atoms with Crippen LogP contribution in [0.3, 0.4) is 0 Å². The molecule has 0 spiro atoms. The van der Waals surface area contributed by atoms with Gasteiger partial charge in [-0.15, -0.1) is 0 Å². The quantitative estimate of drug-likeness (QED) is 0.827. The third-order valence-electron chi connectivity index (χ3n) is 2.63. The van der Waals surface area contributed by atoms with Gasteiger partial charge in [0.25, 0.3) is 5.91 Å². The molecule has 0 bridgehead atoms. The van der Waals surface area contributed by atoms with Crippen molar-refractivity contribution in [2.45, 2.75) is 31.2 Å². The minimum Gasteiger partial charge on any atom is -0.350 e. The van der Waals surface area contributed by atoms with Gasteiger partial charge in [0.2, 0.25) is 10.0 Å². The van der Waals surface area contributed by atoms with Gasteiger partial charge in [-0.1, -0.05) is 18.5 Å². The molecule has 0 saturated carbocycles. The molecule has 0 aliphatic rings.